The van der Waals surface area contributed by atoms with Crippen LogP contribution >= 0.6 is 11.6 Å². The van der Waals surface area contributed by atoms with Crippen molar-refractivity contribution in [3.8, 4) is 6.07 Å². The highest BCUT2D eigenvalue weighted by Crippen LogP contribution is 2.56. The van der Waals surface area contributed by atoms with E-state index < -0.39 is 23.1 Å². The lowest BCUT2D eigenvalue weighted by Crippen LogP contribution is -2.50. The zero-order valence-corrected chi connectivity index (χ0v) is 20.0. The Morgan fingerprint density at radius 3 is 2.62 bits per heavy atom. The second kappa shape index (κ2) is 8.22. The first kappa shape index (κ1) is 22.8. The van der Waals surface area contributed by atoms with Gasteiger partial charge in [-0.15, -0.1) is 0 Å². The molecule has 3 aliphatic rings. The van der Waals surface area contributed by atoms with Gasteiger partial charge in [0.25, 0.3) is 0 Å². The van der Waals surface area contributed by atoms with Crippen LogP contribution in [0.15, 0.2) is 95.5 Å². The lowest BCUT2D eigenvalue weighted by Gasteiger charge is -2.38. The maximum Gasteiger partial charge on any atom is 0.338 e. The Balaban J connectivity index is 1.61. The average molecular weight is 513 g/mol. The number of para-hydroxylation sites is 1. The predicted octanol–water partition coefficient (Wildman–Crippen LogP) is 4.29. The van der Waals surface area contributed by atoms with Crippen LogP contribution in [0, 0.1) is 17.1 Å². The highest BCUT2D eigenvalue weighted by Gasteiger charge is 2.63. The van der Waals surface area contributed by atoms with Crippen molar-refractivity contribution in [3.05, 3.63) is 117 Å². The summed E-state index contributed by atoms with van der Waals surface area (Å²) in [6, 6.07) is 21.8. The lowest BCUT2D eigenvalue weighted by molar-refractivity contribution is -0.137. The maximum atomic E-state index is 14.4. The minimum atomic E-state index is -1.80. The summed E-state index contributed by atoms with van der Waals surface area (Å²) < 4.78 is 19.4. The first-order valence-electron chi connectivity index (χ1n) is 11.4. The van der Waals surface area contributed by atoms with Gasteiger partial charge in [-0.1, -0.05) is 48.0 Å². The number of hydrogen-bond acceptors (Lipinski definition) is 6. The Kier molecular flexibility index (Phi) is 5.07. The van der Waals surface area contributed by atoms with E-state index in [1.807, 2.05) is 0 Å². The van der Waals surface area contributed by atoms with E-state index in [9.17, 15) is 19.2 Å². The summed E-state index contributed by atoms with van der Waals surface area (Å²) in [5.41, 5.74) is 7.14. The number of benzene rings is 3. The van der Waals surface area contributed by atoms with Crippen molar-refractivity contribution in [2.45, 2.75) is 12.0 Å². The fourth-order valence-electron chi connectivity index (χ4n) is 5.48. The summed E-state index contributed by atoms with van der Waals surface area (Å²) in [7, 11) is 0. The zero-order valence-electron chi connectivity index (χ0n) is 19.2. The van der Waals surface area contributed by atoms with Crippen molar-refractivity contribution in [2.75, 3.05) is 16.4 Å². The topological polar surface area (TPSA) is 99.7 Å². The molecule has 0 bridgehead atoms. The van der Waals surface area contributed by atoms with Gasteiger partial charge in [0.1, 0.15) is 29.7 Å². The summed E-state index contributed by atoms with van der Waals surface area (Å²) in [6.07, 6.45) is 0. The van der Waals surface area contributed by atoms with Gasteiger partial charge in [0.05, 0.1) is 23.4 Å². The lowest BCUT2D eigenvalue weighted by atomic mass is 9.67. The molecule has 1 spiro atoms. The van der Waals surface area contributed by atoms with Gasteiger partial charge in [-0.05, 0) is 42.0 Å². The van der Waals surface area contributed by atoms with E-state index in [1.165, 1.54) is 17.0 Å². The summed E-state index contributed by atoms with van der Waals surface area (Å²) in [5, 5.41) is 10.9. The van der Waals surface area contributed by atoms with Crippen molar-refractivity contribution < 1.29 is 18.7 Å². The molecule has 0 aliphatic carbocycles. The standard InChI is InChI=1S/C28H18ClFN4O3/c29-17-6-4-8-19(12-17)34-23-15-37-26(35)24(23)28(21(13-31)25(34)32)20-9-1-2-10-22(20)33(27(28)36)14-16-5-3-7-18(30)11-16/h1-12H,14-15,32H2/t28-/m0/s1. The number of halogens is 2. The van der Waals surface area contributed by atoms with Crippen LogP contribution in [-0.4, -0.2) is 18.5 Å². The van der Waals surface area contributed by atoms with Crippen molar-refractivity contribution in [1.29, 1.82) is 5.26 Å². The van der Waals surface area contributed by atoms with Gasteiger partial charge >= 0.3 is 5.97 Å². The molecule has 0 saturated carbocycles. The van der Waals surface area contributed by atoms with Gasteiger partial charge in [-0.25, -0.2) is 9.18 Å². The number of carbonyl (C=O) groups is 2. The molecule has 1 atom stereocenters. The third-order valence-electron chi connectivity index (χ3n) is 6.92. The second-order valence-corrected chi connectivity index (χ2v) is 9.31. The molecule has 3 aromatic rings. The number of cyclic esters (lactones) is 1. The third-order valence-corrected chi connectivity index (χ3v) is 7.16. The number of esters is 1. The highest BCUT2D eigenvalue weighted by atomic mass is 35.5. The second-order valence-electron chi connectivity index (χ2n) is 8.87. The van der Waals surface area contributed by atoms with E-state index >= 15 is 0 Å². The third kappa shape index (κ3) is 3.11. The molecule has 3 heterocycles. The van der Waals surface area contributed by atoms with E-state index in [-0.39, 0.29) is 30.1 Å². The Morgan fingerprint density at radius 1 is 1.08 bits per heavy atom. The summed E-state index contributed by atoms with van der Waals surface area (Å²) in [5.74, 6) is -1.68. The molecule has 3 aliphatic heterocycles. The van der Waals surface area contributed by atoms with Crippen molar-refractivity contribution in [1.82, 2.24) is 0 Å². The van der Waals surface area contributed by atoms with Crippen molar-refractivity contribution in [3.63, 3.8) is 0 Å². The van der Waals surface area contributed by atoms with Gasteiger partial charge in [0.2, 0.25) is 5.91 Å². The number of fused-ring (bicyclic) bond motifs is 3. The van der Waals surface area contributed by atoms with Gasteiger partial charge in [0, 0.05) is 22.0 Å². The largest absolute Gasteiger partial charge is 0.456 e. The Labute approximate surface area is 216 Å². The van der Waals surface area contributed by atoms with Gasteiger partial charge in [-0.3, -0.25) is 9.69 Å². The van der Waals surface area contributed by atoms with Crippen LogP contribution in [0.1, 0.15) is 11.1 Å². The minimum absolute atomic E-state index is 0.00225. The Hall–Kier alpha value is -4.61. The first-order chi connectivity index (χ1) is 17.9. The number of hydrogen-bond donors (Lipinski definition) is 1. The minimum Gasteiger partial charge on any atom is -0.456 e. The molecule has 182 valence electrons. The fourth-order valence-corrected chi connectivity index (χ4v) is 5.66. The molecule has 1 amide bonds. The van der Waals surface area contributed by atoms with Crippen LogP contribution < -0.4 is 15.5 Å². The molecular formula is C28H18ClFN4O3. The van der Waals surface area contributed by atoms with Gasteiger partial charge < -0.3 is 15.4 Å². The molecule has 0 unspecified atom stereocenters. The van der Waals surface area contributed by atoms with Crippen LogP contribution in [-0.2, 0) is 26.3 Å². The molecule has 0 aromatic heterocycles. The number of rotatable bonds is 3. The SMILES string of the molecule is N#CC1=C(N)N(c2cccc(Cl)c2)C2=C(C(=O)OC2)[C@@]12C(=O)N(Cc1cccc(F)c1)c1ccccc12. The van der Waals surface area contributed by atoms with E-state index in [0.717, 1.165) is 0 Å². The van der Waals surface area contributed by atoms with Crippen molar-refractivity contribution in [2.24, 2.45) is 5.73 Å². The monoisotopic (exact) mass is 512 g/mol. The van der Waals surface area contributed by atoms with Crippen molar-refractivity contribution >= 4 is 34.9 Å². The molecule has 3 aromatic carbocycles. The first-order valence-corrected chi connectivity index (χ1v) is 11.8. The molecule has 37 heavy (non-hydrogen) atoms. The molecule has 6 rings (SSSR count). The number of amides is 1. The number of anilines is 2. The molecule has 2 N–H and O–H groups in total. The molecule has 0 radical (unpaired) electrons. The molecule has 9 heteroatoms. The molecular weight excluding hydrogens is 495 g/mol. The number of carbonyl (C=O) groups excluding carboxylic acids is 2. The van der Waals surface area contributed by atoms with E-state index in [2.05, 4.69) is 6.07 Å². The van der Waals surface area contributed by atoms with Crippen LogP contribution in [0.25, 0.3) is 0 Å². The van der Waals surface area contributed by atoms with Gasteiger partial charge in [0.15, 0.2) is 0 Å². The highest BCUT2D eigenvalue weighted by molar-refractivity contribution is 6.30. The Bertz CT molecular complexity index is 1630. The summed E-state index contributed by atoms with van der Waals surface area (Å²) in [6.45, 7) is -0.106. The van der Waals surface area contributed by atoms with Crippen LogP contribution in [0.4, 0.5) is 15.8 Å². The fraction of sp³-hybridized carbons (Fsp3) is 0.107. The number of nitriles is 1. The number of nitrogens with zero attached hydrogens (tertiary/aromatic N) is 3. The maximum absolute atomic E-state index is 14.4. The smallest absolute Gasteiger partial charge is 0.338 e. The normalized spacial score (nSPS) is 20.4. The quantitative estimate of drug-likeness (QED) is 0.526. The van der Waals surface area contributed by atoms with E-state index in [0.29, 0.717) is 33.2 Å². The average Bonchev–Trinajstić information content (AvgIpc) is 3.37. The number of ether oxygens (including phenoxy) is 1. The number of nitrogens with two attached hydrogens (primary N) is 1. The van der Waals surface area contributed by atoms with E-state index in [4.69, 9.17) is 22.1 Å². The van der Waals surface area contributed by atoms with E-state index in [1.54, 1.807) is 65.6 Å². The van der Waals surface area contributed by atoms with Gasteiger partial charge in [-0.2, -0.15) is 5.26 Å². The summed E-state index contributed by atoms with van der Waals surface area (Å²) >= 11 is 6.22. The molecule has 7 nitrogen and oxygen atoms in total. The van der Waals surface area contributed by atoms with Crippen LogP contribution in [0.2, 0.25) is 5.02 Å². The molecule has 0 saturated heterocycles. The Morgan fingerprint density at radius 2 is 1.86 bits per heavy atom. The zero-order chi connectivity index (χ0) is 25.9. The summed E-state index contributed by atoms with van der Waals surface area (Å²) in [4.78, 5) is 30.8. The van der Waals surface area contributed by atoms with Crippen LogP contribution in [0.5, 0.6) is 0 Å². The van der Waals surface area contributed by atoms with Crippen LogP contribution in [0.3, 0.4) is 0 Å². The molecule has 0 fully saturated rings. The predicted molar refractivity (Wildman–Crippen MR) is 134 cm³/mol.